The lowest BCUT2D eigenvalue weighted by Gasteiger charge is -2.46. The van der Waals surface area contributed by atoms with Gasteiger partial charge in [-0.05, 0) is 51.4 Å². The van der Waals surface area contributed by atoms with Crippen LogP contribution < -0.4 is 5.32 Å². The predicted molar refractivity (Wildman–Crippen MR) is 300 cm³/mol. The fourth-order valence-corrected chi connectivity index (χ4v) is 9.44. The van der Waals surface area contributed by atoms with Crippen LogP contribution in [0.2, 0.25) is 0 Å². The van der Waals surface area contributed by atoms with Crippen LogP contribution in [0.15, 0.2) is 72.9 Å². The summed E-state index contributed by atoms with van der Waals surface area (Å²) in [7, 11) is 0. The number of hydrogen-bond acceptors (Lipinski definition) is 13. The molecule has 2 heterocycles. The van der Waals surface area contributed by atoms with E-state index in [1.165, 1.54) is 116 Å². The lowest BCUT2D eigenvalue weighted by molar-refractivity contribution is -0.359. The summed E-state index contributed by atoms with van der Waals surface area (Å²) >= 11 is 0. The Morgan fingerprint density at radius 3 is 1.33 bits per heavy atom. The van der Waals surface area contributed by atoms with Crippen LogP contribution in [-0.4, -0.2) is 140 Å². The first-order chi connectivity index (χ1) is 36.6. The van der Waals surface area contributed by atoms with Gasteiger partial charge in [0.05, 0.1) is 32.0 Å². The number of ether oxygens (including phenoxy) is 4. The molecule has 14 heteroatoms. The number of carbonyl (C=O) groups is 1. The van der Waals surface area contributed by atoms with Crippen molar-refractivity contribution >= 4 is 5.91 Å². The van der Waals surface area contributed by atoms with Crippen LogP contribution >= 0.6 is 0 Å². The summed E-state index contributed by atoms with van der Waals surface area (Å²) in [6, 6.07) is -0.874. The third-order valence-electron chi connectivity index (χ3n) is 14.2. The van der Waals surface area contributed by atoms with E-state index >= 15 is 0 Å². The molecule has 12 unspecified atom stereocenters. The van der Waals surface area contributed by atoms with E-state index in [-0.39, 0.29) is 18.9 Å². The maximum absolute atomic E-state index is 13.2. The monoisotopic (exact) mass is 1060 g/mol. The van der Waals surface area contributed by atoms with Gasteiger partial charge in [0.1, 0.15) is 48.8 Å². The second kappa shape index (κ2) is 46.4. The van der Waals surface area contributed by atoms with Crippen molar-refractivity contribution in [1.82, 2.24) is 5.32 Å². The molecular weight excluding hydrogens is 955 g/mol. The molecule has 1 amide bonds. The minimum absolute atomic E-state index is 0.176. The van der Waals surface area contributed by atoms with Crippen molar-refractivity contribution in [3.05, 3.63) is 72.9 Å². The Hall–Kier alpha value is -2.57. The lowest BCUT2D eigenvalue weighted by atomic mass is 9.97. The van der Waals surface area contributed by atoms with Crippen molar-refractivity contribution in [2.75, 3.05) is 19.8 Å². The first-order valence-electron chi connectivity index (χ1n) is 29.7. The first-order valence-corrected chi connectivity index (χ1v) is 29.7. The molecule has 0 aliphatic carbocycles. The number of rotatable bonds is 46. The van der Waals surface area contributed by atoms with Crippen molar-refractivity contribution in [2.24, 2.45) is 0 Å². The Kier molecular flexibility index (Phi) is 42.4. The summed E-state index contributed by atoms with van der Waals surface area (Å²) in [5.74, 6) is -0.289. The van der Waals surface area contributed by atoms with Gasteiger partial charge in [-0.1, -0.05) is 228 Å². The third-order valence-corrected chi connectivity index (χ3v) is 14.2. The van der Waals surface area contributed by atoms with Gasteiger partial charge in [-0.25, -0.2) is 0 Å². The average molecular weight is 1060 g/mol. The number of aliphatic hydroxyl groups is 8. The summed E-state index contributed by atoms with van der Waals surface area (Å²) in [6.45, 7) is 2.70. The third kappa shape index (κ3) is 32.2. The Morgan fingerprint density at radius 1 is 0.493 bits per heavy atom. The molecule has 2 aliphatic rings. The van der Waals surface area contributed by atoms with Crippen molar-refractivity contribution in [3.8, 4) is 0 Å². The van der Waals surface area contributed by atoms with E-state index < -0.39 is 86.8 Å². The number of carbonyl (C=O) groups excluding carboxylic acids is 1. The molecule has 2 fully saturated rings. The van der Waals surface area contributed by atoms with E-state index in [0.29, 0.717) is 12.8 Å². The van der Waals surface area contributed by atoms with E-state index in [9.17, 15) is 45.6 Å². The van der Waals surface area contributed by atoms with Crippen LogP contribution in [0.4, 0.5) is 0 Å². The second-order valence-electron chi connectivity index (χ2n) is 20.7. The first kappa shape index (κ1) is 68.5. The molecule has 14 nitrogen and oxygen atoms in total. The highest BCUT2D eigenvalue weighted by Crippen LogP contribution is 2.30. The Morgan fingerprint density at radius 2 is 0.893 bits per heavy atom. The topological polar surface area (TPSA) is 228 Å². The summed E-state index contributed by atoms with van der Waals surface area (Å²) in [4.78, 5) is 13.2. The molecule has 9 N–H and O–H groups in total. The van der Waals surface area contributed by atoms with Gasteiger partial charge in [-0.2, -0.15) is 0 Å². The number of allylic oxidation sites excluding steroid dienone is 12. The maximum atomic E-state index is 13.2. The summed E-state index contributed by atoms with van der Waals surface area (Å²) in [5.41, 5.74) is 0. The predicted octanol–water partition coefficient (Wildman–Crippen LogP) is 9.94. The van der Waals surface area contributed by atoms with E-state index in [2.05, 4.69) is 79.9 Å². The highest BCUT2D eigenvalue weighted by atomic mass is 16.7. The van der Waals surface area contributed by atoms with Gasteiger partial charge in [0, 0.05) is 6.42 Å². The minimum atomic E-state index is -1.79. The van der Waals surface area contributed by atoms with E-state index in [1.807, 2.05) is 12.2 Å². The Labute approximate surface area is 453 Å². The molecule has 0 radical (unpaired) electrons. The zero-order valence-electron chi connectivity index (χ0n) is 46.5. The van der Waals surface area contributed by atoms with E-state index in [0.717, 1.165) is 64.2 Å². The van der Waals surface area contributed by atoms with Crippen LogP contribution in [-0.2, 0) is 23.7 Å². The van der Waals surface area contributed by atoms with Crippen LogP contribution in [0.3, 0.4) is 0 Å². The fraction of sp³-hybridized carbons (Fsp3) is 0.787. The van der Waals surface area contributed by atoms with Crippen LogP contribution in [0.1, 0.15) is 213 Å². The van der Waals surface area contributed by atoms with Crippen molar-refractivity contribution in [2.45, 2.75) is 286 Å². The standard InChI is InChI=1S/C61H107NO13/c1-3-5-7-9-11-13-15-17-19-21-23-24-25-27-28-30-32-34-36-38-40-42-44-50(65)49(62-53(66)45-43-41-39-37-35-33-31-29-26-22-20-18-16-14-12-10-8-6-4-2)48-72-60-58(71)56(69)59(52(47-64)74-60)75-61-57(70)55(68)54(67)51(46-63)73-61/h6,8,12,14,18,20,26,29,33,35,39,41,49-52,54-61,63-65,67-71H,3-5,7,9-11,13,15-17,19,21-25,27-28,30-32,34,36-38,40,42-48H2,1-2H3,(H,62,66)/b8-6-,14-12-,20-18-,29-26-,35-33-,41-39-. The summed E-state index contributed by atoms with van der Waals surface area (Å²) < 4.78 is 22.8. The van der Waals surface area contributed by atoms with Gasteiger partial charge in [0.15, 0.2) is 12.6 Å². The largest absolute Gasteiger partial charge is 0.394 e. The highest BCUT2D eigenvalue weighted by molar-refractivity contribution is 5.76. The molecule has 0 saturated carbocycles. The Bertz CT molecular complexity index is 1530. The number of hydrogen-bond donors (Lipinski definition) is 9. The minimum Gasteiger partial charge on any atom is -0.394 e. The molecule has 0 bridgehead atoms. The number of unbranched alkanes of at least 4 members (excludes halogenated alkanes) is 21. The molecule has 2 saturated heterocycles. The zero-order valence-corrected chi connectivity index (χ0v) is 46.5. The van der Waals surface area contributed by atoms with Gasteiger partial charge < -0.3 is 65.1 Å². The molecule has 2 aliphatic heterocycles. The highest BCUT2D eigenvalue weighted by Gasteiger charge is 2.51. The second-order valence-corrected chi connectivity index (χ2v) is 20.7. The quantitative estimate of drug-likeness (QED) is 0.0205. The van der Waals surface area contributed by atoms with Gasteiger partial charge >= 0.3 is 0 Å². The van der Waals surface area contributed by atoms with Gasteiger partial charge in [-0.3, -0.25) is 4.79 Å². The van der Waals surface area contributed by atoms with Crippen LogP contribution in [0.25, 0.3) is 0 Å². The Balaban J connectivity index is 1.79. The normalized spacial score (nSPS) is 25.6. The van der Waals surface area contributed by atoms with Crippen molar-refractivity contribution in [3.63, 3.8) is 0 Å². The lowest BCUT2D eigenvalue weighted by Crippen LogP contribution is -2.65. The van der Waals surface area contributed by atoms with Crippen molar-refractivity contribution < 1.29 is 64.6 Å². The van der Waals surface area contributed by atoms with E-state index in [4.69, 9.17) is 18.9 Å². The smallest absolute Gasteiger partial charge is 0.220 e. The number of nitrogens with one attached hydrogen (secondary N) is 1. The summed E-state index contributed by atoms with van der Waals surface area (Å²) in [6.07, 6.45) is 43.4. The van der Waals surface area contributed by atoms with Crippen molar-refractivity contribution in [1.29, 1.82) is 0 Å². The molecule has 75 heavy (non-hydrogen) atoms. The number of aliphatic hydroxyl groups excluding tert-OH is 8. The SMILES string of the molecule is CC/C=C\C/C=C\C/C=C\C/C=C\C/C=C\C/C=C\CCC(=O)NC(COC1OC(CO)C(OC2OC(CO)C(O)C(O)C2O)C(O)C1O)C(O)CCCCCCCCCCCCCCCCCCCCCCCC. The average Bonchev–Trinajstić information content (AvgIpc) is 3.41. The van der Waals surface area contributed by atoms with Gasteiger partial charge in [0.25, 0.3) is 0 Å². The molecule has 0 aromatic heterocycles. The molecule has 0 aromatic rings. The molecular formula is C61H107NO13. The summed E-state index contributed by atoms with van der Waals surface area (Å²) in [5, 5.41) is 87.2. The molecule has 434 valence electrons. The molecule has 0 aromatic carbocycles. The zero-order chi connectivity index (χ0) is 54.6. The number of amides is 1. The molecule has 0 spiro atoms. The van der Waals surface area contributed by atoms with Gasteiger partial charge in [-0.15, -0.1) is 0 Å². The van der Waals surface area contributed by atoms with Crippen LogP contribution in [0, 0.1) is 0 Å². The fourth-order valence-electron chi connectivity index (χ4n) is 9.44. The van der Waals surface area contributed by atoms with Gasteiger partial charge in [0.2, 0.25) is 5.91 Å². The molecule has 12 atom stereocenters. The maximum Gasteiger partial charge on any atom is 0.220 e. The van der Waals surface area contributed by atoms with E-state index in [1.54, 1.807) is 0 Å². The molecule has 2 rings (SSSR count). The van der Waals surface area contributed by atoms with Crippen LogP contribution in [0.5, 0.6) is 0 Å².